The fourth-order valence-electron chi connectivity index (χ4n) is 2.19. The summed E-state index contributed by atoms with van der Waals surface area (Å²) in [5.74, 6) is 0. The van der Waals surface area contributed by atoms with Gasteiger partial charge in [0.05, 0.1) is 27.1 Å². The predicted molar refractivity (Wildman–Crippen MR) is 76.8 cm³/mol. The molecule has 0 fully saturated rings. The molecule has 3 aromatic rings. The van der Waals surface area contributed by atoms with E-state index in [1.165, 1.54) is 0 Å². The molecule has 0 amide bonds. The molecule has 1 aromatic heterocycles. The number of nitrogens with zero attached hydrogens (tertiary/aromatic N) is 1. The lowest BCUT2D eigenvalue weighted by molar-refractivity contribution is 1.28. The molecule has 0 saturated carbocycles. The van der Waals surface area contributed by atoms with Gasteiger partial charge in [-0.15, -0.1) is 0 Å². The predicted octanol–water partition coefficient (Wildman–Crippen LogP) is 3.86. The molecule has 3 rings (SSSR count). The quantitative estimate of drug-likeness (QED) is 0.639. The van der Waals surface area contributed by atoms with Gasteiger partial charge in [-0.05, 0) is 35.0 Å². The van der Waals surface area contributed by atoms with E-state index in [0.29, 0.717) is 37.2 Å². The summed E-state index contributed by atoms with van der Waals surface area (Å²) in [6.07, 6.45) is 1.55. The molecule has 0 atom stereocenters. The Morgan fingerprint density at radius 3 is 2.47 bits per heavy atom. The number of pyridine rings is 1. The van der Waals surface area contributed by atoms with Crippen molar-refractivity contribution < 1.29 is 0 Å². The topological polar surface area (TPSA) is 56.6 Å². The van der Waals surface area contributed by atoms with Crippen LogP contribution >= 0.6 is 23.2 Å². The minimum Gasteiger partial charge on any atom is -0.329 e. The Balaban J connectivity index is 2.70. The summed E-state index contributed by atoms with van der Waals surface area (Å²) in [6, 6.07) is 8.78. The maximum atomic E-state index is 12.0. The van der Waals surface area contributed by atoms with E-state index in [2.05, 4.69) is 11.1 Å². The van der Waals surface area contributed by atoms with Crippen LogP contribution in [0.4, 0.5) is 0 Å². The number of hydrogen-bond donors (Lipinski definition) is 1. The number of aromatic nitrogens is 1. The highest BCUT2D eigenvalue weighted by Crippen LogP contribution is 2.33. The summed E-state index contributed by atoms with van der Waals surface area (Å²) < 4.78 is 0. The summed E-state index contributed by atoms with van der Waals surface area (Å²) in [5, 5.41) is 12.4. The van der Waals surface area contributed by atoms with Crippen LogP contribution in [0.1, 0.15) is 5.56 Å². The first-order valence-electron chi connectivity index (χ1n) is 5.45. The van der Waals surface area contributed by atoms with E-state index >= 15 is 0 Å². The molecular weight excluding hydrogens is 283 g/mol. The van der Waals surface area contributed by atoms with Crippen molar-refractivity contribution in [2.24, 2.45) is 0 Å². The Kier molecular flexibility index (Phi) is 2.70. The second-order valence-electron chi connectivity index (χ2n) is 4.12. The highest BCUT2D eigenvalue weighted by molar-refractivity contribution is 6.43. The van der Waals surface area contributed by atoms with Gasteiger partial charge >= 0.3 is 0 Å². The number of fused-ring (bicyclic) bond motifs is 3. The molecule has 0 unspecified atom stereocenters. The van der Waals surface area contributed by atoms with Crippen molar-refractivity contribution >= 4 is 44.7 Å². The number of aromatic amines is 1. The van der Waals surface area contributed by atoms with Crippen molar-refractivity contribution in [3.63, 3.8) is 0 Å². The van der Waals surface area contributed by atoms with Crippen LogP contribution in [-0.2, 0) is 0 Å². The summed E-state index contributed by atoms with van der Waals surface area (Å²) in [5.41, 5.74) is 0.247. The lowest BCUT2D eigenvalue weighted by Crippen LogP contribution is -2.05. The Bertz CT molecular complexity index is 923. The highest BCUT2D eigenvalue weighted by Gasteiger charge is 2.11. The Hall–Kier alpha value is -2.02. The SMILES string of the molecule is N#Cc1cc2cc[nH]c(=O)c2c2cc(Cl)c(Cl)cc12. The second kappa shape index (κ2) is 4.27. The van der Waals surface area contributed by atoms with Crippen LogP contribution < -0.4 is 5.56 Å². The van der Waals surface area contributed by atoms with Gasteiger partial charge in [-0.25, -0.2) is 0 Å². The fraction of sp³-hybridized carbons (Fsp3) is 0. The van der Waals surface area contributed by atoms with Crippen molar-refractivity contribution in [3.8, 4) is 6.07 Å². The first-order valence-corrected chi connectivity index (χ1v) is 6.20. The van der Waals surface area contributed by atoms with Crippen molar-refractivity contribution in [3.05, 3.63) is 56.4 Å². The third-order valence-electron chi connectivity index (χ3n) is 3.03. The van der Waals surface area contributed by atoms with Crippen molar-refractivity contribution in [1.82, 2.24) is 4.98 Å². The van der Waals surface area contributed by atoms with Gasteiger partial charge in [-0.1, -0.05) is 23.2 Å². The van der Waals surface area contributed by atoms with E-state index in [1.807, 2.05) is 0 Å². The first-order chi connectivity index (χ1) is 9.11. The van der Waals surface area contributed by atoms with E-state index in [9.17, 15) is 10.1 Å². The molecule has 1 heterocycles. The molecule has 3 nitrogen and oxygen atoms in total. The molecule has 0 spiro atoms. The van der Waals surface area contributed by atoms with E-state index in [0.717, 1.165) is 0 Å². The molecule has 1 N–H and O–H groups in total. The molecule has 92 valence electrons. The molecular formula is C14H6Cl2N2O. The van der Waals surface area contributed by atoms with Gasteiger partial charge in [0.1, 0.15) is 0 Å². The summed E-state index contributed by atoms with van der Waals surface area (Å²) >= 11 is 12.0. The number of benzene rings is 2. The lowest BCUT2D eigenvalue weighted by atomic mass is 9.99. The number of nitriles is 1. The Morgan fingerprint density at radius 2 is 1.79 bits per heavy atom. The molecule has 0 radical (unpaired) electrons. The third-order valence-corrected chi connectivity index (χ3v) is 3.76. The maximum absolute atomic E-state index is 12.0. The second-order valence-corrected chi connectivity index (χ2v) is 4.93. The zero-order valence-corrected chi connectivity index (χ0v) is 11.0. The average Bonchev–Trinajstić information content (AvgIpc) is 2.39. The van der Waals surface area contributed by atoms with Crippen LogP contribution in [0.3, 0.4) is 0 Å². The van der Waals surface area contributed by atoms with Gasteiger partial charge in [-0.3, -0.25) is 4.79 Å². The van der Waals surface area contributed by atoms with Crippen LogP contribution in [-0.4, -0.2) is 4.98 Å². The van der Waals surface area contributed by atoms with E-state index in [-0.39, 0.29) is 5.56 Å². The van der Waals surface area contributed by atoms with Crippen LogP contribution in [0.5, 0.6) is 0 Å². The highest BCUT2D eigenvalue weighted by atomic mass is 35.5. The molecule has 0 aliphatic carbocycles. The monoisotopic (exact) mass is 288 g/mol. The van der Waals surface area contributed by atoms with E-state index in [4.69, 9.17) is 23.2 Å². The molecule has 0 aliphatic rings. The zero-order valence-electron chi connectivity index (χ0n) is 9.50. The minimum absolute atomic E-state index is 0.217. The number of halogens is 2. The fourth-order valence-corrected chi connectivity index (χ4v) is 2.52. The van der Waals surface area contributed by atoms with Crippen LogP contribution in [0.2, 0.25) is 10.0 Å². The van der Waals surface area contributed by atoms with Gasteiger partial charge in [0.25, 0.3) is 5.56 Å². The van der Waals surface area contributed by atoms with Gasteiger partial charge in [-0.2, -0.15) is 5.26 Å². The molecule has 0 saturated heterocycles. The summed E-state index contributed by atoms with van der Waals surface area (Å²) in [4.78, 5) is 14.6. The van der Waals surface area contributed by atoms with Gasteiger partial charge in [0.2, 0.25) is 0 Å². The molecule has 5 heteroatoms. The van der Waals surface area contributed by atoms with E-state index < -0.39 is 0 Å². The van der Waals surface area contributed by atoms with Crippen LogP contribution in [0.25, 0.3) is 21.5 Å². The normalized spacial score (nSPS) is 10.8. The first kappa shape index (κ1) is 12.0. The molecule has 0 aliphatic heterocycles. The Morgan fingerprint density at radius 1 is 1.11 bits per heavy atom. The van der Waals surface area contributed by atoms with Crippen LogP contribution in [0, 0.1) is 11.3 Å². The van der Waals surface area contributed by atoms with Gasteiger partial charge < -0.3 is 4.98 Å². The number of hydrogen-bond acceptors (Lipinski definition) is 2. The largest absolute Gasteiger partial charge is 0.329 e. The van der Waals surface area contributed by atoms with E-state index in [1.54, 1.807) is 30.5 Å². The standard InChI is InChI=1S/C14H6Cl2N2O/c15-11-4-9-8(6-17)3-7-1-2-18-14(19)13(7)10(9)5-12(11)16/h1-5H,(H,18,19). The average molecular weight is 289 g/mol. The Labute approximate surface area is 118 Å². The van der Waals surface area contributed by atoms with Crippen molar-refractivity contribution in [1.29, 1.82) is 5.26 Å². The lowest BCUT2D eigenvalue weighted by Gasteiger charge is -2.07. The summed E-state index contributed by atoms with van der Waals surface area (Å²) in [6.45, 7) is 0. The van der Waals surface area contributed by atoms with Crippen LogP contribution in [0.15, 0.2) is 35.3 Å². The van der Waals surface area contributed by atoms with Gasteiger partial charge in [0.15, 0.2) is 0 Å². The smallest absolute Gasteiger partial charge is 0.256 e. The van der Waals surface area contributed by atoms with Gasteiger partial charge in [0, 0.05) is 11.6 Å². The van der Waals surface area contributed by atoms with Crippen molar-refractivity contribution in [2.45, 2.75) is 0 Å². The maximum Gasteiger partial charge on any atom is 0.256 e. The van der Waals surface area contributed by atoms with Crippen molar-refractivity contribution in [2.75, 3.05) is 0 Å². The third kappa shape index (κ3) is 1.77. The number of nitrogens with one attached hydrogen (secondary N) is 1. The molecule has 19 heavy (non-hydrogen) atoms. The zero-order chi connectivity index (χ0) is 13.6. The number of rotatable bonds is 0. The molecule has 0 bridgehead atoms. The molecule has 2 aromatic carbocycles. The minimum atomic E-state index is -0.217. The number of H-pyrrole nitrogens is 1. The summed E-state index contributed by atoms with van der Waals surface area (Å²) in [7, 11) is 0.